The topological polar surface area (TPSA) is 135 Å². The van der Waals surface area contributed by atoms with Gasteiger partial charge in [-0.1, -0.05) is 31.5 Å². The molecule has 42 heavy (non-hydrogen) atoms. The van der Waals surface area contributed by atoms with Crippen LogP contribution < -0.4 is 25.6 Å². The van der Waals surface area contributed by atoms with Crippen LogP contribution in [0.25, 0.3) is 0 Å². The second-order valence-electron chi connectivity index (χ2n) is 10.6. The van der Waals surface area contributed by atoms with Crippen LogP contribution in [0.15, 0.2) is 54.7 Å². The summed E-state index contributed by atoms with van der Waals surface area (Å²) < 4.78 is 5.39. The number of aliphatic hydroxyl groups excluding tert-OH is 1. The molecule has 1 saturated carbocycles. The molecule has 218 valence electrons. The number of nitrogens with zero attached hydrogens (tertiary/aromatic N) is 4. The Morgan fingerprint density at radius 2 is 2.00 bits per heavy atom. The third kappa shape index (κ3) is 6.27. The molecular weight excluding hydrogens is 554 g/mol. The Balaban J connectivity index is 1.35. The van der Waals surface area contributed by atoms with E-state index in [0.717, 1.165) is 31.5 Å². The fourth-order valence-corrected chi connectivity index (χ4v) is 5.56. The molecule has 1 aliphatic carbocycles. The molecule has 0 radical (unpaired) electrons. The fraction of sp³-hybridized carbons (Fsp3) is 0.355. The van der Waals surface area contributed by atoms with Gasteiger partial charge in [0, 0.05) is 30.4 Å². The maximum Gasteiger partial charge on any atom is 0.251 e. The Morgan fingerprint density at radius 1 is 1.19 bits per heavy atom. The third-order valence-electron chi connectivity index (χ3n) is 8.05. The van der Waals surface area contributed by atoms with E-state index in [2.05, 4.69) is 45.5 Å². The number of ether oxygens (including phenoxy) is 1. The number of hydrogen-bond acceptors (Lipinski definition) is 9. The monoisotopic (exact) mass is 587 g/mol. The minimum Gasteiger partial charge on any atom is -0.497 e. The van der Waals surface area contributed by atoms with Gasteiger partial charge in [-0.25, -0.2) is 4.98 Å². The maximum absolute atomic E-state index is 13.1. The first kappa shape index (κ1) is 29.2. The summed E-state index contributed by atoms with van der Waals surface area (Å²) in [4.78, 5) is 24.0. The van der Waals surface area contributed by atoms with Crippen LogP contribution in [0, 0.1) is 23.2 Å². The number of amides is 1. The summed E-state index contributed by atoms with van der Waals surface area (Å²) in [5, 5.41) is 29.2. The molecule has 3 atom stereocenters. The third-order valence-corrected chi connectivity index (χ3v) is 8.33. The number of anilines is 6. The van der Waals surface area contributed by atoms with Crippen LogP contribution in [0.1, 0.15) is 38.2 Å². The molecule has 0 bridgehead atoms. The molecule has 1 aromatic heterocycles. The van der Waals surface area contributed by atoms with Gasteiger partial charge in [0.05, 0.1) is 42.0 Å². The molecule has 0 spiro atoms. The average Bonchev–Trinajstić information content (AvgIpc) is 3.41. The van der Waals surface area contributed by atoms with Crippen molar-refractivity contribution in [2.75, 3.05) is 41.0 Å². The molecule has 1 amide bonds. The van der Waals surface area contributed by atoms with E-state index in [1.807, 2.05) is 11.0 Å². The number of methoxy groups -OCH3 is 1. The van der Waals surface area contributed by atoms with E-state index in [4.69, 9.17) is 16.3 Å². The molecule has 2 unspecified atom stereocenters. The highest BCUT2D eigenvalue weighted by Crippen LogP contribution is 2.41. The van der Waals surface area contributed by atoms with Crippen LogP contribution in [0.3, 0.4) is 0 Å². The van der Waals surface area contributed by atoms with E-state index in [0.29, 0.717) is 58.6 Å². The van der Waals surface area contributed by atoms with E-state index in [1.54, 1.807) is 37.4 Å². The summed E-state index contributed by atoms with van der Waals surface area (Å²) in [6.07, 6.45) is 4.90. The first-order valence-corrected chi connectivity index (χ1v) is 14.4. The Hall–Kier alpha value is -4.33. The number of benzene rings is 2. The van der Waals surface area contributed by atoms with Gasteiger partial charge in [-0.15, -0.1) is 0 Å². The molecule has 11 heteroatoms. The molecule has 4 N–H and O–H groups in total. The predicted molar refractivity (Wildman–Crippen MR) is 165 cm³/mol. The minimum atomic E-state index is -0.365. The first-order chi connectivity index (χ1) is 20.3. The van der Waals surface area contributed by atoms with Crippen molar-refractivity contribution < 1.29 is 14.6 Å². The molecular formula is C31H34ClN7O3. The lowest BCUT2D eigenvalue weighted by molar-refractivity contribution is -0.113. The molecule has 2 aliphatic rings. The van der Waals surface area contributed by atoms with Gasteiger partial charge in [0.25, 0.3) is 5.91 Å². The zero-order chi connectivity index (χ0) is 29.8. The molecule has 1 saturated heterocycles. The molecule has 5 rings (SSSR count). The summed E-state index contributed by atoms with van der Waals surface area (Å²) in [6, 6.07) is 12.9. The number of aromatic nitrogens is 2. The van der Waals surface area contributed by atoms with Crippen LogP contribution >= 0.6 is 11.6 Å². The van der Waals surface area contributed by atoms with Gasteiger partial charge in [0.15, 0.2) is 5.82 Å². The largest absolute Gasteiger partial charge is 0.497 e. The zero-order valence-corrected chi connectivity index (χ0v) is 24.4. The van der Waals surface area contributed by atoms with E-state index in [9.17, 15) is 15.2 Å². The van der Waals surface area contributed by atoms with E-state index < -0.39 is 0 Å². The number of nitrogens with one attached hydrogen (secondary N) is 3. The molecule has 3 aromatic rings. The smallest absolute Gasteiger partial charge is 0.251 e. The van der Waals surface area contributed by atoms with Crippen molar-refractivity contribution in [2.45, 2.75) is 38.7 Å². The summed E-state index contributed by atoms with van der Waals surface area (Å²) in [7, 11) is 1.56. The molecule has 1 aliphatic heterocycles. The Bertz CT molecular complexity index is 1540. The minimum absolute atomic E-state index is 0.191. The Morgan fingerprint density at radius 3 is 2.67 bits per heavy atom. The summed E-state index contributed by atoms with van der Waals surface area (Å²) >= 11 is 6.46. The molecule has 2 aromatic carbocycles. The highest BCUT2D eigenvalue weighted by atomic mass is 35.5. The van der Waals surface area contributed by atoms with E-state index in [-0.39, 0.29) is 28.9 Å². The lowest BCUT2D eigenvalue weighted by Crippen LogP contribution is -2.32. The van der Waals surface area contributed by atoms with Gasteiger partial charge in [0.1, 0.15) is 16.8 Å². The zero-order valence-electron chi connectivity index (χ0n) is 23.7. The van der Waals surface area contributed by atoms with Crippen molar-refractivity contribution >= 4 is 52.0 Å². The molecule has 10 nitrogen and oxygen atoms in total. The van der Waals surface area contributed by atoms with Crippen LogP contribution in [-0.4, -0.2) is 47.3 Å². The van der Waals surface area contributed by atoms with Gasteiger partial charge in [-0.2, -0.15) is 10.2 Å². The number of aliphatic hydroxyl groups is 1. The predicted octanol–water partition coefficient (Wildman–Crippen LogP) is 6.00. The van der Waals surface area contributed by atoms with E-state index in [1.165, 1.54) is 6.20 Å². The summed E-state index contributed by atoms with van der Waals surface area (Å²) in [5.74, 6) is 1.55. The van der Waals surface area contributed by atoms with Crippen LogP contribution in [0.5, 0.6) is 5.75 Å². The number of rotatable bonds is 10. The van der Waals surface area contributed by atoms with Crippen molar-refractivity contribution in [1.82, 2.24) is 9.97 Å². The number of hydrogen-bond donors (Lipinski definition) is 4. The van der Waals surface area contributed by atoms with Crippen molar-refractivity contribution in [3.63, 3.8) is 0 Å². The van der Waals surface area contributed by atoms with Crippen LogP contribution in [-0.2, 0) is 4.79 Å². The van der Waals surface area contributed by atoms with Gasteiger partial charge in [-0.05, 0) is 61.4 Å². The standard InChI is InChI=1S/C31H34ClN7O3/c1-4-19-5-8-24(19)18(2)30(41)36-28-14-23(42-3)7-10-27(28)35-29-25(32)16-34-31(38-29)37-26-9-6-21(13-20(26)15-33)39-12-11-22(40)17-39/h6-7,9-10,13-14,16,19,22,24,40H,2,4-5,8,11-12,17H2,1,3H3,(H,36,41)(H2,34,35,37,38)/t19?,22-,24?/m0/s1. The normalized spacial score (nSPS) is 19.4. The Labute approximate surface area is 250 Å². The number of β-amino-alcohol motifs (C(OH)–C–C–N with tert-alkyl or cyclic N) is 1. The van der Waals surface area contributed by atoms with Crippen molar-refractivity contribution in [3.05, 3.63) is 65.3 Å². The van der Waals surface area contributed by atoms with Gasteiger partial charge in [-0.3, -0.25) is 4.79 Å². The van der Waals surface area contributed by atoms with E-state index >= 15 is 0 Å². The van der Waals surface area contributed by atoms with Crippen molar-refractivity contribution in [1.29, 1.82) is 5.26 Å². The first-order valence-electron chi connectivity index (χ1n) is 14.0. The highest BCUT2D eigenvalue weighted by Gasteiger charge is 2.34. The number of carbonyl (C=O) groups excluding carboxylic acids is 1. The lowest BCUT2D eigenvalue weighted by Gasteiger charge is -2.37. The number of nitriles is 1. The average molecular weight is 588 g/mol. The second kappa shape index (κ2) is 12.7. The SMILES string of the molecule is C=C(C(=O)Nc1cc(OC)ccc1Nc1nc(Nc2ccc(N3CC[C@H](O)C3)cc2C#N)ncc1Cl)C1CCC1CC. The molecule has 2 fully saturated rings. The highest BCUT2D eigenvalue weighted by molar-refractivity contribution is 6.33. The second-order valence-corrected chi connectivity index (χ2v) is 11.0. The fourth-order valence-electron chi connectivity index (χ4n) is 5.42. The quantitative estimate of drug-likeness (QED) is 0.211. The number of carbonyl (C=O) groups is 1. The number of halogens is 1. The molecule has 2 heterocycles. The lowest BCUT2D eigenvalue weighted by atomic mass is 9.68. The van der Waals surface area contributed by atoms with Gasteiger partial charge in [0.2, 0.25) is 5.95 Å². The Kier molecular flexibility index (Phi) is 8.80. The van der Waals surface area contributed by atoms with Crippen LogP contribution in [0.2, 0.25) is 5.02 Å². The maximum atomic E-state index is 13.1. The van der Waals surface area contributed by atoms with Crippen molar-refractivity contribution in [2.24, 2.45) is 11.8 Å². The van der Waals surface area contributed by atoms with Gasteiger partial charge < -0.3 is 30.7 Å². The van der Waals surface area contributed by atoms with Crippen LogP contribution in [0.4, 0.5) is 34.5 Å². The van der Waals surface area contributed by atoms with Gasteiger partial charge >= 0.3 is 0 Å². The summed E-state index contributed by atoms with van der Waals surface area (Å²) in [5.41, 5.74) is 3.44. The van der Waals surface area contributed by atoms with Crippen molar-refractivity contribution in [3.8, 4) is 11.8 Å². The summed E-state index contributed by atoms with van der Waals surface area (Å²) in [6.45, 7) is 7.49.